The van der Waals surface area contributed by atoms with E-state index in [9.17, 15) is 5.11 Å². The summed E-state index contributed by atoms with van der Waals surface area (Å²) >= 11 is 0. The van der Waals surface area contributed by atoms with Gasteiger partial charge in [-0.3, -0.25) is 0 Å². The predicted molar refractivity (Wildman–Crippen MR) is 75.3 cm³/mol. The van der Waals surface area contributed by atoms with Crippen LogP contribution in [0.25, 0.3) is 0 Å². The van der Waals surface area contributed by atoms with Crippen LogP contribution in [0.15, 0.2) is 18.2 Å². The summed E-state index contributed by atoms with van der Waals surface area (Å²) in [6, 6.07) is 6.45. The second-order valence-corrected chi connectivity index (χ2v) is 5.78. The molecular formula is C16H23NO2. The summed E-state index contributed by atoms with van der Waals surface area (Å²) in [5.74, 6) is 1.48. The van der Waals surface area contributed by atoms with Gasteiger partial charge in [-0.1, -0.05) is 25.0 Å². The lowest BCUT2D eigenvalue weighted by atomic mass is 9.86. The van der Waals surface area contributed by atoms with Gasteiger partial charge in [-0.2, -0.15) is 0 Å². The van der Waals surface area contributed by atoms with Gasteiger partial charge in [-0.15, -0.1) is 0 Å². The molecule has 0 bridgehead atoms. The van der Waals surface area contributed by atoms with E-state index in [2.05, 4.69) is 23.5 Å². The highest BCUT2D eigenvalue weighted by Gasteiger charge is 2.22. The average molecular weight is 261 g/mol. The largest absolute Gasteiger partial charge is 0.493 e. The number of ether oxygens (including phenoxy) is 1. The molecule has 19 heavy (non-hydrogen) atoms. The Morgan fingerprint density at radius 1 is 1.26 bits per heavy atom. The van der Waals surface area contributed by atoms with Crippen molar-refractivity contribution in [2.24, 2.45) is 5.92 Å². The number of benzene rings is 1. The van der Waals surface area contributed by atoms with E-state index >= 15 is 0 Å². The zero-order valence-corrected chi connectivity index (χ0v) is 11.4. The van der Waals surface area contributed by atoms with Crippen LogP contribution in [-0.4, -0.2) is 24.4 Å². The number of hydrogen-bond acceptors (Lipinski definition) is 3. The van der Waals surface area contributed by atoms with Gasteiger partial charge in [-0.25, -0.2) is 0 Å². The molecule has 3 rings (SSSR count). The molecule has 0 radical (unpaired) electrons. The highest BCUT2D eigenvalue weighted by atomic mass is 16.5. The molecule has 2 N–H and O–H groups in total. The van der Waals surface area contributed by atoms with Crippen LogP contribution in [0.5, 0.6) is 5.75 Å². The van der Waals surface area contributed by atoms with Gasteiger partial charge in [0.2, 0.25) is 0 Å². The number of aliphatic hydroxyl groups excluding tert-OH is 1. The lowest BCUT2D eigenvalue weighted by Gasteiger charge is -2.27. The van der Waals surface area contributed by atoms with Crippen molar-refractivity contribution in [1.82, 2.24) is 5.32 Å². The lowest BCUT2D eigenvalue weighted by molar-refractivity contribution is 0.0695. The van der Waals surface area contributed by atoms with Gasteiger partial charge in [0, 0.05) is 19.5 Å². The second-order valence-electron chi connectivity index (χ2n) is 5.78. The fraction of sp³-hybridized carbons (Fsp3) is 0.625. The third-order valence-electron chi connectivity index (χ3n) is 4.36. The van der Waals surface area contributed by atoms with Gasteiger partial charge < -0.3 is 15.2 Å². The van der Waals surface area contributed by atoms with Crippen LogP contribution in [0, 0.1) is 5.92 Å². The van der Waals surface area contributed by atoms with Crippen molar-refractivity contribution in [3.8, 4) is 5.75 Å². The van der Waals surface area contributed by atoms with Crippen molar-refractivity contribution in [1.29, 1.82) is 0 Å². The first-order valence-corrected chi connectivity index (χ1v) is 7.46. The van der Waals surface area contributed by atoms with Gasteiger partial charge in [0.05, 0.1) is 12.7 Å². The van der Waals surface area contributed by atoms with Crippen LogP contribution in [-0.2, 0) is 13.0 Å². The van der Waals surface area contributed by atoms with Gasteiger partial charge >= 0.3 is 0 Å². The number of nitrogens with one attached hydrogen (secondary N) is 1. The molecule has 1 aliphatic heterocycles. The molecule has 2 aliphatic rings. The lowest BCUT2D eigenvalue weighted by Crippen LogP contribution is -2.33. The predicted octanol–water partition coefficient (Wildman–Crippen LogP) is 2.26. The molecule has 1 aliphatic carbocycles. The Hall–Kier alpha value is -1.06. The molecule has 0 spiro atoms. The number of rotatable bonds is 4. The summed E-state index contributed by atoms with van der Waals surface area (Å²) in [7, 11) is 0. The molecule has 0 aromatic heterocycles. The summed E-state index contributed by atoms with van der Waals surface area (Å²) in [6.07, 6.45) is 5.51. The summed E-state index contributed by atoms with van der Waals surface area (Å²) in [6.45, 7) is 2.63. The van der Waals surface area contributed by atoms with E-state index in [0.717, 1.165) is 44.7 Å². The highest BCUT2D eigenvalue weighted by Crippen LogP contribution is 2.26. The third-order valence-corrected chi connectivity index (χ3v) is 4.36. The van der Waals surface area contributed by atoms with Crippen molar-refractivity contribution in [2.75, 3.05) is 13.2 Å². The quantitative estimate of drug-likeness (QED) is 0.873. The molecule has 3 nitrogen and oxygen atoms in total. The van der Waals surface area contributed by atoms with Crippen molar-refractivity contribution in [3.05, 3.63) is 29.3 Å². The van der Waals surface area contributed by atoms with Gasteiger partial charge in [0.15, 0.2) is 0 Å². The molecule has 1 saturated carbocycles. The molecule has 1 aromatic carbocycles. The summed E-state index contributed by atoms with van der Waals surface area (Å²) in [5.41, 5.74) is 2.64. The fourth-order valence-corrected chi connectivity index (χ4v) is 3.18. The minimum absolute atomic E-state index is 0.102. The van der Waals surface area contributed by atoms with Crippen LogP contribution in [0.4, 0.5) is 0 Å². The number of fused-ring (bicyclic) bond motifs is 1. The molecule has 3 heteroatoms. The van der Waals surface area contributed by atoms with Crippen LogP contribution >= 0.6 is 0 Å². The normalized spacial score (nSPS) is 25.9. The van der Waals surface area contributed by atoms with E-state index in [0.29, 0.717) is 5.92 Å². The molecule has 104 valence electrons. The van der Waals surface area contributed by atoms with Gasteiger partial charge in [0.1, 0.15) is 5.75 Å². The molecule has 2 unspecified atom stereocenters. The standard InChI is InChI=1S/C16H23NO2/c18-15-4-2-1-3-14(15)11-17-10-12-5-6-16-13(9-12)7-8-19-16/h5-6,9,14-15,17-18H,1-4,7-8,10-11H2. The van der Waals surface area contributed by atoms with Crippen molar-refractivity contribution in [3.63, 3.8) is 0 Å². The summed E-state index contributed by atoms with van der Waals surface area (Å²) < 4.78 is 5.51. The maximum absolute atomic E-state index is 9.94. The molecule has 1 fully saturated rings. The Labute approximate surface area is 115 Å². The molecular weight excluding hydrogens is 238 g/mol. The van der Waals surface area contributed by atoms with E-state index < -0.39 is 0 Å². The van der Waals surface area contributed by atoms with Crippen molar-refractivity contribution in [2.45, 2.75) is 44.8 Å². The van der Waals surface area contributed by atoms with Gasteiger partial charge in [-0.05, 0) is 36.0 Å². The van der Waals surface area contributed by atoms with Crippen LogP contribution < -0.4 is 10.1 Å². The monoisotopic (exact) mass is 261 g/mol. The van der Waals surface area contributed by atoms with E-state index in [1.54, 1.807) is 0 Å². The van der Waals surface area contributed by atoms with Crippen molar-refractivity contribution < 1.29 is 9.84 Å². The second kappa shape index (κ2) is 5.93. The van der Waals surface area contributed by atoms with Gasteiger partial charge in [0.25, 0.3) is 0 Å². The first kappa shape index (κ1) is 12.9. The smallest absolute Gasteiger partial charge is 0.122 e. The Kier molecular flexibility index (Phi) is 4.04. The average Bonchev–Trinajstić information content (AvgIpc) is 2.88. The van der Waals surface area contributed by atoms with Crippen molar-refractivity contribution >= 4 is 0 Å². The molecule has 2 atom stereocenters. The molecule has 1 aromatic rings. The zero-order valence-electron chi connectivity index (χ0n) is 11.4. The minimum Gasteiger partial charge on any atom is -0.493 e. The number of aliphatic hydroxyl groups is 1. The third kappa shape index (κ3) is 3.10. The Morgan fingerprint density at radius 2 is 2.16 bits per heavy atom. The van der Waals surface area contributed by atoms with Crippen LogP contribution in [0.3, 0.4) is 0 Å². The Balaban J connectivity index is 1.49. The highest BCUT2D eigenvalue weighted by molar-refractivity contribution is 5.39. The van der Waals surface area contributed by atoms with Crippen LogP contribution in [0.2, 0.25) is 0 Å². The van der Waals surface area contributed by atoms with Crippen LogP contribution in [0.1, 0.15) is 36.8 Å². The minimum atomic E-state index is -0.102. The first-order chi connectivity index (χ1) is 9.33. The maximum Gasteiger partial charge on any atom is 0.122 e. The Bertz CT molecular complexity index is 433. The van der Waals surface area contributed by atoms with E-state index in [-0.39, 0.29) is 6.10 Å². The zero-order chi connectivity index (χ0) is 13.1. The fourth-order valence-electron chi connectivity index (χ4n) is 3.18. The summed E-state index contributed by atoms with van der Waals surface area (Å²) in [5, 5.41) is 13.4. The first-order valence-electron chi connectivity index (χ1n) is 7.46. The molecule has 0 amide bonds. The van der Waals surface area contributed by atoms with E-state index in [4.69, 9.17) is 4.74 Å². The number of hydrogen-bond donors (Lipinski definition) is 2. The topological polar surface area (TPSA) is 41.5 Å². The molecule has 1 heterocycles. The van der Waals surface area contributed by atoms with E-state index in [1.807, 2.05) is 0 Å². The SMILES string of the molecule is OC1CCCCC1CNCc1ccc2c(c1)CCO2. The maximum atomic E-state index is 9.94. The molecule has 0 saturated heterocycles. The van der Waals surface area contributed by atoms with E-state index in [1.165, 1.54) is 24.0 Å². The Morgan fingerprint density at radius 3 is 3.05 bits per heavy atom. The summed E-state index contributed by atoms with van der Waals surface area (Å²) in [4.78, 5) is 0.